The quantitative estimate of drug-likeness (QED) is 0.654. The van der Waals surface area contributed by atoms with Gasteiger partial charge in [-0.1, -0.05) is 31.4 Å². The van der Waals surface area contributed by atoms with E-state index in [1.165, 1.54) is 11.0 Å². The van der Waals surface area contributed by atoms with Crippen molar-refractivity contribution in [1.82, 2.24) is 9.80 Å². The number of phenols is 1. The van der Waals surface area contributed by atoms with Gasteiger partial charge in [0.1, 0.15) is 17.8 Å². The normalized spacial score (nSPS) is 19.9. The van der Waals surface area contributed by atoms with Crippen LogP contribution in [0.1, 0.15) is 32.1 Å². The third-order valence-electron chi connectivity index (χ3n) is 4.96. The molecule has 2 fully saturated rings. The lowest BCUT2D eigenvalue weighted by atomic mass is 9.81. The van der Waals surface area contributed by atoms with Crippen molar-refractivity contribution in [2.75, 3.05) is 18.9 Å². The Kier molecular flexibility index (Phi) is 4.17. The van der Waals surface area contributed by atoms with Gasteiger partial charge in [0.05, 0.1) is 5.69 Å². The Hall–Kier alpha value is -2.57. The van der Waals surface area contributed by atoms with Crippen LogP contribution in [0.25, 0.3) is 0 Å². The first kappa shape index (κ1) is 16.3. The highest BCUT2D eigenvalue weighted by Gasteiger charge is 2.55. The number of benzene rings is 1. The van der Waals surface area contributed by atoms with Crippen LogP contribution in [0.2, 0.25) is 0 Å². The lowest BCUT2D eigenvalue weighted by Crippen LogP contribution is -2.49. The highest BCUT2D eigenvalue weighted by Crippen LogP contribution is 2.39. The minimum absolute atomic E-state index is 0.0641. The van der Waals surface area contributed by atoms with Crippen LogP contribution in [0.5, 0.6) is 5.75 Å². The van der Waals surface area contributed by atoms with Crippen molar-refractivity contribution in [1.29, 1.82) is 0 Å². The van der Waals surface area contributed by atoms with Crippen LogP contribution in [0.3, 0.4) is 0 Å². The number of imide groups is 1. The summed E-state index contributed by atoms with van der Waals surface area (Å²) < 4.78 is 0. The van der Waals surface area contributed by atoms with E-state index in [4.69, 9.17) is 0 Å². The molecule has 1 saturated carbocycles. The smallest absolute Gasteiger partial charge is 0.327 e. The summed E-state index contributed by atoms with van der Waals surface area (Å²) in [4.78, 5) is 39.9. The van der Waals surface area contributed by atoms with Gasteiger partial charge in [-0.3, -0.25) is 14.5 Å². The molecule has 128 valence electrons. The zero-order chi connectivity index (χ0) is 17.3. The molecule has 2 N–H and O–H groups in total. The van der Waals surface area contributed by atoms with Crippen molar-refractivity contribution in [3.8, 4) is 5.75 Å². The lowest BCUT2D eigenvalue weighted by molar-refractivity contribution is -0.136. The molecule has 1 heterocycles. The van der Waals surface area contributed by atoms with E-state index >= 15 is 0 Å². The van der Waals surface area contributed by atoms with Crippen molar-refractivity contribution < 1.29 is 19.5 Å². The highest BCUT2D eigenvalue weighted by atomic mass is 16.3. The predicted octanol–water partition coefficient (Wildman–Crippen LogP) is 1.93. The summed E-state index contributed by atoms with van der Waals surface area (Å²) in [6.07, 6.45) is 4.16. The fourth-order valence-electron chi connectivity index (χ4n) is 3.58. The van der Waals surface area contributed by atoms with E-state index in [1.807, 2.05) is 0 Å². The SMILES string of the molecule is CN1C(=O)N(CC(=O)Nc2ccccc2O)C(=O)C12CCCCC2. The second-order valence-electron chi connectivity index (χ2n) is 6.39. The molecule has 3 rings (SSSR count). The average molecular weight is 331 g/mol. The summed E-state index contributed by atoms with van der Waals surface area (Å²) in [7, 11) is 1.63. The molecule has 4 amide bonds. The number of hydrogen-bond donors (Lipinski definition) is 2. The van der Waals surface area contributed by atoms with Crippen LogP contribution < -0.4 is 5.32 Å². The Bertz CT molecular complexity index is 682. The van der Waals surface area contributed by atoms with Gasteiger partial charge < -0.3 is 15.3 Å². The fourth-order valence-corrected chi connectivity index (χ4v) is 3.58. The number of amides is 4. The molecule has 0 aromatic heterocycles. The number of carbonyl (C=O) groups excluding carboxylic acids is 3. The Morgan fingerprint density at radius 2 is 1.88 bits per heavy atom. The number of aromatic hydroxyl groups is 1. The molecule has 1 aliphatic carbocycles. The van der Waals surface area contributed by atoms with E-state index in [9.17, 15) is 19.5 Å². The van der Waals surface area contributed by atoms with Crippen LogP contribution >= 0.6 is 0 Å². The second kappa shape index (κ2) is 6.14. The maximum absolute atomic E-state index is 12.8. The Morgan fingerprint density at radius 1 is 1.21 bits per heavy atom. The Morgan fingerprint density at radius 3 is 2.54 bits per heavy atom. The van der Waals surface area contributed by atoms with Crippen LogP contribution in [0, 0.1) is 0 Å². The number of anilines is 1. The van der Waals surface area contributed by atoms with Gasteiger partial charge in [-0.25, -0.2) is 4.79 Å². The number of urea groups is 1. The Labute approximate surface area is 140 Å². The zero-order valence-corrected chi connectivity index (χ0v) is 13.6. The monoisotopic (exact) mass is 331 g/mol. The number of carbonyl (C=O) groups is 3. The van der Waals surface area contributed by atoms with Crippen LogP contribution in [-0.4, -0.2) is 51.9 Å². The first-order valence-corrected chi connectivity index (χ1v) is 8.13. The fraction of sp³-hybridized carbons (Fsp3) is 0.471. The van der Waals surface area contributed by atoms with Crippen molar-refractivity contribution in [2.24, 2.45) is 0 Å². The first-order chi connectivity index (χ1) is 11.5. The van der Waals surface area contributed by atoms with Gasteiger partial charge >= 0.3 is 6.03 Å². The average Bonchev–Trinajstić information content (AvgIpc) is 2.74. The van der Waals surface area contributed by atoms with Crippen LogP contribution in [-0.2, 0) is 9.59 Å². The molecule has 1 aromatic rings. The summed E-state index contributed by atoms with van der Waals surface area (Å²) in [5.74, 6) is -0.868. The van der Waals surface area contributed by atoms with Gasteiger partial charge in [-0.05, 0) is 25.0 Å². The number of hydrogen-bond acceptors (Lipinski definition) is 4. The third kappa shape index (κ3) is 2.60. The summed E-state index contributed by atoms with van der Waals surface area (Å²) in [6, 6.07) is 5.88. The molecule has 0 radical (unpaired) electrons. The number of nitrogens with zero attached hydrogens (tertiary/aromatic N) is 2. The van der Waals surface area contributed by atoms with E-state index < -0.39 is 17.5 Å². The van der Waals surface area contributed by atoms with Gasteiger partial charge in [-0.15, -0.1) is 0 Å². The third-order valence-corrected chi connectivity index (χ3v) is 4.96. The molecule has 2 aliphatic rings. The largest absolute Gasteiger partial charge is 0.506 e. The number of rotatable bonds is 3. The summed E-state index contributed by atoms with van der Waals surface area (Å²) in [5.41, 5.74) is -0.535. The molecule has 0 atom stereocenters. The van der Waals surface area contributed by atoms with Gasteiger partial charge in [-0.2, -0.15) is 0 Å². The molecule has 7 heteroatoms. The second-order valence-corrected chi connectivity index (χ2v) is 6.39. The van der Waals surface area contributed by atoms with Gasteiger partial charge in [0.15, 0.2) is 0 Å². The Balaban J connectivity index is 1.73. The highest BCUT2D eigenvalue weighted by molar-refractivity contribution is 6.10. The number of nitrogens with one attached hydrogen (secondary N) is 1. The van der Waals surface area contributed by atoms with Crippen molar-refractivity contribution >= 4 is 23.5 Å². The molecule has 7 nitrogen and oxygen atoms in total. The maximum atomic E-state index is 12.8. The lowest BCUT2D eigenvalue weighted by Gasteiger charge is -2.35. The van der Waals surface area contributed by atoms with Crippen LogP contribution in [0.4, 0.5) is 10.5 Å². The van der Waals surface area contributed by atoms with Gasteiger partial charge in [0.2, 0.25) is 5.91 Å². The van der Waals surface area contributed by atoms with E-state index in [1.54, 1.807) is 25.2 Å². The summed E-state index contributed by atoms with van der Waals surface area (Å²) >= 11 is 0. The van der Waals surface area contributed by atoms with Gasteiger partial charge in [0.25, 0.3) is 5.91 Å². The molecule has 0 unspecified atom stereocenters. The van der Waals surface area contributed by atoms with E-state index in [0.717, 1.165) is 24.2 Å². The van der Waals surface area contributed by atoms with Crippen molar-refractivity contribution in [2.45, 2.75) is 37.6 Å². The summed E-state index contributed by atoms with van der Waals surface area (Å²) in [6.45, 7) is -0.349. The van der Waals surface area contributed by atoms with E-state index in [-0.39, 0.29) is 23.9 Å². The van der Waals surface area contributed by atoms with Crippen molar-refractivity contribution in [3.63, 3.8) is 0 Å². The molecule has 1 aromatic carbocycles. The minimum Gasteiger partial charge on any atom is -0.506 e. The number of likely N-dealkylation sites (N-methyl/N-ethyl adjacent to an activating group) is 1. The molecular formula is C17H21N3O4. The summed E-state index contributed by atoms with van der Waals surface area (Å²) in [5, 5.41) is 12.2. The predicted molar refractivity (Wildman–Crippen MR) is 87.4 cm³/mol. The van der Waals surface area contributed by atoms with Gasteiger partial charge in [0, 0.05) is 7.05 Å². The molecule has 1 spiro atoms. The number of phenolic OH excluding ortho intramolecular Hbond substituents is 1. The zero-order valence-electron chi connectivity index (χ0n) is 13.6. The molecular weight excluding hydrogens is 310 g/mol. The maximum Gasteiger partial charge on any atom is 0.327 e. The molecule has 1 saturated heterocycles. The van der Waals surface area contributed by atoms with E-state index in [0.29, 0.717) is 12.8 Å². The molecule has 0 bridgehead atoms. The van der Waals surface area contributed by atoms with Crippen LogP contribution in [0.15, 0.2) is 24.3 Å². The number of para-hydroxylation sites is 2. The molecule has 1 aliphatic heterocycles. The first-order valence-electron chi connectivity index (χ1n) is 8.13. The standard InChI is InChI=1S/C17H21N3O4/c1-19-16(24)20(15(23)17(19)9-5-2-6-10-17)11-14(22)18-12-7-3-4-8-13(12)21/h3-4,7-8,21H,2,5-6,9-11H2,1H3,(H,18,22). The topological polar surface area (TPSA) is 90.0 Å². The molecule has 24 heavy (non-hydrogen) atoms. The van der Waals surface area contributed by atoms with E-state index in [2.05, 4.69) is 5.32 Å². The minimum atomic E-state index is -0.787. The van der Waals surface area contributed by atoms with Crippen molar-refractivity contribution in [3.05, 3.63) is 24.3 Å².